The van der Waals surface area contributed by atoms with Crippen LogP contribution < -0.4 is 103 Å². The van der Waals surface area contributed by atoms with Gasteiger partial charge in [0, 0.05) is 72.7 Å². The minimum Gasteiger partial charge on any atom is -0.394 e. The number of carbonyl (C=O) groups is 20. The molecule has 6 heterocycles. The first kappa shape index (κ1) is 95.0. The molecule has 0 spiro atoms. The maximum atomic E-state index is 14.8. The number of aromatic amines is 2. The minimum atomic E-state index is -2.02. The molecule has 50 heteroatoms. The van der Waals surface area contributed by atoms with Crippen molar-refractivity contribution >= 4 is 161 Å². The van der Waals surface area contributed by atoms with Crippen LogP contribution in [-0.4, -0.2) is 299 Å². The third-order valence-corrected chi connectivity index (χ3v) is 23.7. The maximum Gasteiger partial charge on any atom is 0.246 e. The van der Waals surface area contributed by atoms with Crippen molar-refractivity contribution in [3.8, 4) is 0 Å². The first-order valence-electron chi connectivity index (χ1n) is 37.1. The Morgan fingerprint density at radius 1 is 0.496 bits per heavy atom. The zero-order valence-corrected chi connectivity index (χ0v) is 67.7. The Morgan fingerprint density at radius 3 is 1.44 bits per heavy atom. The summed E-state index contributed by atoms with van der Waals surface area (Å²) in [4.78, 5) is 298. The average molecular weight is 1720 g/mol. The van der Waals surface area contributed by atoms with Gasteiger partial charge in [0.25, 0.3) is 0 Å². The summed E-state index contributed by atoms with van der Waals surface area (Å²) in [6, 6.07) is -25.6. The molecule has 27 N–H and O–H groups in total. The van der Waals surface area contributed by atoms with Crippen LogP contribution in [0.5, 0.6) is 0 Å². The first-order valence-corrected chi connectivity index (χ1v) is 42.1. The summed E-state index contributed by atoms with van der Waals surface area (Å²) in [6.07, 6.45) is 2.00. The van der Waals surface area contributed by atoms with Crippen LogP contribution in [0.1, 0.15) is 97.4 Å². The van der Waals surface area contributed by atoms with Crippen molar-refractivity contribution in [3.63, 3.8) is 0 Å². The van der Waals surface area contributed by atoms with Crippen LogP contribution in [0.15, 0.2) is 25.0 Å². The van der Waals surface area contributed by atoms with Crippen molar-refractivity contribution in [2.24, 2.45) is 40.5 Å². The third-order valence-electron chi connectivity index (χ3n) is 18.9. The van der Waals surface area contributed by atoms with E-state index in [9.17, 15) is 101 Å². The molecule has 4 fully saturated rings. The molecule has 20 amide bonds. The zero-order valence-electron chi connectivity index (χ0n) is 64.5. The molecule has 4 aliphatic rings. The van der Waals surface area contributed by atoms with Gasteiger partial charge in [0.05, 0.1) is 51.6 Å². The number of imidazole rings is 2. The molecular weight excluding hydrogens is 1620 g/mol. The molecule has 4 aliphatic heterocycles. The molecule has 6 rings (SSSR count). The molecule has 0 aliphatic carbocycles. The van der Waals surface area contributed by atoms with E-state index in [2.05, 4.69) is 94.4 Å². The number of aliphatic hydroxyl groups is 1. The number of aliphatic hydroxyl groups excluding tert-OH is 1. The summed E-state index contributed by atoms with van der Waals surface area (Å²) in [6.45, 7) is 4.35. The standard InChI is InChI=1S/C67H101N25O21S4/c1-6-30(4)52-65(111)88-40(54(100)75-21-49(72)97)23-114-117-26-43-61(107)85-39(22-93)58(104)83-37(14-33-20-74-28-77-33)66(112)91-11-7-9-44(91)62(108)78-31(5)53(99)86-42(25-116-115-24-41(59(105)87-43)79-50(98)18-68)60(106)80-36(16-47(70)95)57(103)89-51(29(2)3)64(110)82-35(15-46(69)94)55(101)84-38(17-48(71)96)67(113)92-12-8-10-45(92)63(109)81-34(56(102)90-52)13-32-19-73-27-76-32/h19-20,27-31,34-45,51-52,93H,6-18,21-26,68H2,1-5H3,(H2,69,94)(H2,70,95)(H2,71,96)(H2,72,97)(H,73,76)(H,74,77)(H,75,100)(H,78,108)(H,79,98)(H,80,106)(H,81,109)(H,82,110)(H,83,104)(H,84,101)(H,85,107)(H,86,99)(H,87,105)(H,88,111)(H,89,103)(H,90,102)/t30-,31-,34-,35-,36-,37-,38-,39-,40-,41-,42-,43-,44-,45-,51-,52-/m0/s1. The lowest BCUT2D eigenvalue weighted by Crippen LogP contribution is -2.62. The molecule has 2 aromatic rings. The second-order valence-electron chi connectivity index (χ2n) is 28.2. The molecule has 46 nitrogen and oxygen atoms in total. The van der Waals surface area contributed by atoms with Gasteiger partial charge in [0.2, 0.25) is 118 Å². The number of amides is 20. The number of H-pyrrole nitrogens is 2. The van der Waals surface area contributed by atoms with Gasteiger partial charge < -0.3 is 128 Å². The zero-order chi connectivity index (χ0) is 86.5. The van der Waals surface area contributed by atoms with Gasteiger partial charge in [-0.1, -0.05) is 77.3 Å². The first-order chi connectivity index (χ1) is 55.4. The Bertz CT molecular complexity index is 3960. The van der Waals surface area contributed by atoms with Gasteiger partial charge in [-0.3, -0.25) is 95.9 Å². The number of nitrogens with zero attached hydrogens (tertiary/aromatic N) is 4. The second-order valence-corrected chi connectivity index (χ2v) is 33.3. The van der Waals surface area contributed by atoms with Crippen LogP contribution in [0.2, 0.25) is 0 Å². The fourth-order valence-corrected chi connectivity index (χ4v) is 17.0. The number of primary amides is 4. The van der Waals surface area contributed by atoms with Crippen molar-refractivity contribution < 1.29 is 101 Å². The molecule has 2 bridgehead atoms. The summed E-state index contributed by atoms with van der Waals surface area (Å²) in [7, 11) is 3.04. The summed E-state index contributed by atoms with van der Waals surface area (Å²) in [5, 5.41) is 45.1. The molecule has 2 aromatic heterocycles. The van der Waals surface area contributed by atoms with E-state index >= 15 is 0 Å². The van der Waals surface area contributed by atoms with E-state index < -0.39 is 283 Å². The average Bonchev–Trinajstić information content (AvgIpc) is 1.71. The van der Waals surface area contributed by atoms with E-state index in [0.29, 0.717) is 0 Å². The summed E-state index contributed by atoms with van der Waals surface area (Å²) in [5.74, 6) is -25.8. The number of nitrogens with two attached hydrogens (primary N) is 5. The van der Waals surface area contributed by atoms with Gasteiger partial charge in [-0.2, -0.15) is 0 Å². The normalized spacial score (nSPS) is 27.4. The summed E-state index contributed by atoms with van der Waals surface area (Å²) >= 11 is 0. The predicted molar refractivity (Wildman–Crippen MR) is 419 cm³/mol. The van der Waals surface area contributed by atoms with E-state index in [4.69, 9.17) is 28.7 Å². The fraction of sp³-hybridized carbons (Fsp3) is 0.612. The molecule has 0 radical (unpaired) electrons. The Morgan fingerprint density at radius 2 is 0.932 bits per heavy atom. The van der Waals surface area contributed by atoms with E-state index in [-0.39, 0.29) is 69.4 Å². The smallest absolute Gasteiger partial charge is 0.246 e. The number of fused-ring (bicyclic) bond motifs is 10. The van der Waals surface area contributed by atoms with Gasteiger partial charge in [0.15, 0.2) is 0 Å². The lowest BCUT2D eigenvalue weighted by Gasteiger charge is -2.31. The summed E-state index contributed by atoms with van der Waals surface area (Å²) in [5.41, 5.74) is 28.4. The summed E-state index contributed by atoms with van der Waals surface area (Å²) < 4.78 is 0. The Kier molecular flexibility index (Phi) is 37.5. The number of carbonyl (C=O) groups excluding carboxylic acids is 20. The number of hydrogen-bond donors (Lipinski definition) is 22. The highest BCUT2D eigenvalue weighted by Gasteiger charge is 2.45. The van der Waals surface area contributed by atoms with E-state index in [1.165, 1.54) is 45.8 Å². The molecule has 0 saturated carbocycles. The molecule has 117 heavy (non-hydrogen) atoms. The second kappa shape index (κ2) is 46.2. The van der Waals surface area contributed by atoms with Crippen LogP contribution in [0, 0.1) is 11.8 Å². The monoisotopic (exact) mass is 1720 g/mol. The van der Waals surface area contributed by atoms with Crippen molar-refractivity contribution in [2.45, 2.75) is 189 Å². The van der Waals surface area contributed by atoms with E-state index in [1.807, 2.05) is 0 Å². The van der Waals surface area contributed by atoms with Crippen LogP contribution in [0.3, 0.4) is 0 Å². The molecule has 0 aromatic carbocycles. The highest BCUT2D eigenvalue weighted by Crippen LogP contribution is 2.27. The molecule has 0 unspecified atom stereocenters. The lowest BCUT2D eigenvalue weighted by molar-refractivity contribution is -0.143. The van der Waals surface area contributed by atoms with E-state index in [0.717, 1.165) is 53.0 Å². The van der Waals surface area contributed by atoms with Gasteiger partial charge in [0.1, 0.15) is 90.6 Å². The molecule has 644 valence electrons. The van der Waals surface area contributed by atoms with Crippen LogP contribution in [0.25, 0.3) is 0 Å². The van der Waals surface area contributed by atoms with Gasteiger partial charge >= 0.3 is 0 Å². The quantitative estimate of drug-likeness (QED) is 0.0581. The third kappa shape index (κ3) is 29.1. The number of nitrogens with one attached hydrogen (secondary N) is 16. The molecule has 16 atom stereocenters. The van der Waals surface area contributed by atoms with Gasteiger partial charge in [-0.05, 0) is 44.4 Å². The number of rotatable bonds is 19. The Labute approximate surface area is 685 Å². The highest BCUT2D eigenvalue weighted by molar-refractivity contribution is 8.77. The highest BCUT2D eigenvalue weighted by atomic mass is 33.1. The molecule has 4 saturated heterocycles. The lowest BCUT2D eigenvalue weighted by atomic mass is 9.97. The van der Waals surface area contributed by atoms with E-state index in [1.54, 1.807) is 13.8 Å². The minimum absolute atomic E-state index is 0.0148. The fourth-order valence-electron chi connectivity index (χ4n) is 12.4. The largest absolute Gasteiger partial charge is 0.394 e. The number of hydrogen-bond acceptors (Lipinski definition) is 28. The Balaban J connectivity index is 1.49. The van der Waals surface area contributed by atoms with Crippen LogP contribution in [0.4, 0.5) is 0 Å². The van der Waals surface area contributed by atoms with Crippen molar-refractivity contribution in [1.29, 1.82) is 0 Å². The van der Waals surface area contributed by atoms with Gasteiger partial charge in [-0.15, -0.1) is 0 Å². The number of aromatic nitrogens is 4. The van der Waals surface area contributed by atoms with Crippen LogP contribution >= 0.6 is 43.2 Å². The topological polar surface area (TPSA) is 724 Å². The predicted octanol–water partition coefficient (Wildman–Crippen LogP) is -11.1. The Hall–Kier alpha value is -10.9. The van der Waals surface area contributed by atoms with Crippen molar-refractivity contribution in [1.82, 2.24) is 104 Å². The van der Waals surface area contributed by atoms with Crippen molar-refractivity contribution in [3.05, 3.63) is 36.4 Å². The maximum absolute atomic E-state index is 14.8. The molecular formula is C67H101N25O21S4. The van der Waals surface area contributed by atoms with Gasteiger partial charge in [-0.25, -0.2) is 9.97 Å². The van der Waals surface area contributed by atoms with Crippen LogP contribution in [-0.2, 0) is 109 Å². The van der Waals surface area contributed by atoms with Crippen molar-refractivity contribution in [2.75, 3.05) is 55.8 Å². The SMILES string of the molecule is CC[C@H](C)[C@@H]1NC(=O)[C@H](Cc2cnc[nH]2)NC(=O)[C@@H]2CCCN2C(=O)[C@H](CC(N)=O)NC(=O)[C@H](CC(N)=O)NC(=O)[C@H](C(C)C)NC(=O)[C@H](CC(N)=O)NC(=O)[C@@H]2CSSC[C@H](NC(=O)CN)C(=O)N[C@@H](CSSC[C@@H](C(=O)NCC(N)=O)NC1=O)C(=O)N[C@@H](CO)C(=O)N[C@@H](Cc1cnc[nH]1)C(=O)N1CCC[C@H]1C(=O)N[C@@H](C)C(=O)N2.